The summed E-state index contributed by atoms with van der Waals surface area (Å²) in [5.41, 5.74) is 4.65. The predicted molar refractivity (Wildman–Crippen MR) is 239 cm³/mol. The number of esters is 2. The second-order valence-corrected chi connectivity index (χ2v) is 18.4. The fraction of sp³-hybridized carbons (Fsp3) is 0.522. The number of amides is 3. The second-order valence-electron chi connectivity index (χ2n) is 17.0. The molecule has 0 spiro atoms. The maximum Gasteiger partial charge on any atom is 0.473 e. The Morgan fingerprint density at radius 2 is 1.41 bits per heavy atom. The molecule has 0 bridgehead atoms. The van der Waals surface area contributed by atoms with E-state index in [0.717, 1.165) is 29.9 Å². The molecule has 61 heavy (non-hydrogen) atoms. The monoisotopic (exact) mass is 866 g/mol. The van der Waals surface area contributed by atoms with E-state index in [9.17, 15) is 28.6 Å². The molecule has 0 heterocycles. The summed E-state index contributed by atoms with van der Waals surface area (Å²) in [6, 6.07) is 20.5. The number of aryl methyl sites for hydroxylation is 1. The standard InChI is InChI=1S/C46H67N4O10P/c1-12-36(37-20-23-40(50(26-29(2)3)27-30(4)5)39(24-37)48-46(54)47-38-21-18-33(10)19-22-38)25-41(51)58-45(32(8)9)59-44(53)42(31(6)7)49-43(52)34(11)60-61(55,56)57-28-35-16-14-13-15-17-35/h13-24,29-32,34,36,42,45H,12,25-28H2,1-11H3,(H,49,52)(H,55,56)(H2,47,48,54)/t34-,36?,42-,45?/m0/s1. The van der Waals surface area contributed by atoms with Crippen molar-refractivity contribution in [3.05, 3.63) is 89.5 Å². The van der Waals surface area contributed by atoms with Crippen LogP contribution in [0.25, 0.3) is 0 Å². The van der Waals surface area contributed by atoms with Gasteiger partial charge in [0.2, 0.25) is 12.2 Å². The quantitative estimate of drug-likeness (QED) is 0.0405. The van der Waals surface area contributed by atoms with E-state index in [2.05, 4.69) is 48.5 Å². The molecule has 0 saturated carbocycles. The number of phosphoric ester groups is 1. The molecule has 0 aliphatic carbocycles. The highest BCUT2D eigenvalue weighted by Crippen LogP contribution is 2.45. The third-order valence-electron chi connectivity index (χ3n) is 9.61. The zero-order valence-electron chi connectivity index (χ0n) is 37.6. The summed E-state index contributed by atoms with van der Waals surface area (Å²) in [6.07, 6.45) is -2.22. The molecule has 0 aliphatic heterocycles. The Labute approximate surface area is 362 Å². The average molecular weight is 867 g/mol. The van der Waals surface area contributed by atoms with Crippen LogP contribution in [0.2, 0.25) is 0 Å². The van der Waals surface area contributed by atoms with E-state index < -0.39 is 62.0 Å². The Hall–Kier alpha value is -4.75. The number of carbonyl (C=O) groups is 4. The molecule has 336 valence electrons. The van der Waals surface area contributed by atoms with Crippen LogP contribution in [-0.4, -0.2) is 60.3 Å². The molecule has 0 aromatic heterocycles. The average Bonchev–Trinajstić information content (AvgIpc) is 3.18. The first-order valence-corrected chi connectivity index (χ1v) is 22.6. The summed E-state index contributed by atoms with van der Waals surface area (Å²) >= 11 is 0. The molecule has 5 atom stereocenters. The van der Waals surface area contributed by atoms with Gasteiger partial charge in [0.15, 0.2) is 0 Å². The SMILES string of the molecule is CCC(CC(=O)OC(OC(=O)[C@@H](NC(=O)[C@H](C)OP(=O)(O)OCc1ccccc1)C(C)C)C(C)C)c1ccc(N(CC(C)C)CC(C)C)c(NC(=O)Nc2ccc(C)cc2)c1. The van der Waals surface area contributed by atoms with Crippen molar-refractivity contribution >= 4 is 48.8 Å². The topological polar surface area (TPSA) is 182 Å². The first-order valence-electron chi connectivity index (χ1n) is 21.1. The van der Waals surface area contributed by atoms with Gasteiger partial charge in [0, 0.05) is 24.7 Å². The molecule has 0 radical (unpaired) electrons. The van der Waals surface area contributed by atoms with Crippen molar-refractivity contribution < 1.29 is 47.2 Å². The summed E-state index contributed by atoms with van der Waals surface area (Å²) < 4.78 is 34.2. The van der Waals surface area contributed by atoms with Crippen molar-refractivity contribution in [2.45, 2.75) is 120 Å². The lowest BCUT2D eigenvalue weighted by Crippen LogP contribution is -2.50. The minimum atomic E-state index is -4.65. The van der Waals surface area contributed by atoms with Crippen LogP contribution >= 0.6 is 7.82 Å². The lowest BCUT2D eigenvalue weighted by Gasteiger charge is -2.31. The lowest BCUT2D eigenvalue weighted by atomic mass is 9.92. The zero-order chi connectivity index (χ0) is 45.4. The lowest BCUT2D eigenvalue weighted by molar-refractivity contribution is -0.198. The minimum absolute atomic E-state index is 0.0416. The number of hydrogen-bond donors (Lipinski definition) is 4. The van der Waals surface area contributed by atoms with Crippen molar-refractivity contribution in [1.82, 2.24) is 5.32 Å². The van der Waals surface area contributed by atoms with E-state index in [1.165, 1.54) is 6.92 Å². The second kappa shape index (κ2) is 24.0. The van der Waals surface area contributed by atoms with Crippen LogP contribution in [0.1, 0.15) is 105 Å². The van der Waals surface area contributed by atoms with E-state index in [1.54, 1.807) is 58.0 Å². The smallest absolute Gasteiger partial charge is 0.425 e. The molecule has 3 aromatic rings. The predicted octanol–water partition coefficient (Wildman–Crippen LogP) is 9.57. The van der Waals surface area contributed by atoms with Crippen LogP contribution < -0.4 is 20.9 Å². The Balaban J connectivity index is 1.74. The zero-order valence-corrected chi connectivity index (χ0v) is 38.5. The summed E-state index contributed by atoms with van der Waals surface area (Å²) in [5, 5.41) is 8.52. The Bertz CT molecular complexity index is 1910. The molecule has 0 saturated heterocycles. The highest BCUT2D eigenvalue weighted by Gasteiger charge is 2.35. The molecule has 0 aliphatic rings. The fourth-order valence-corrected chi connectivity index (χ4v) is 7.26. The highest BCUT2D eigenvalue weighted by atomic mass is 31.2. The molecule has 15 heteroatoms. The van der Waals surface area contributed by atoms with Crippen molar-refractivity contribution in [2.24, 2.45) is 23.7 Å². The molecule has 3 unspecified atom stereocenters. The number of carbonyl (C=O) groups excluding carboxylic acids is 4. The van der Waals surface area contributed by atoms with Gasteiger partial charge < -0.3 is 35.2 Å². The van der Waals surface area contributed by atoms with Gasteiger partial charge in [0.1, 0.15) is 12.1 Å². The molecule has 0 fully saturated rings. The van der Waals surface area contributed by atoms with Crippen LogP contribution in [0.15, 0.2) is 72.8 Å². The third-order valence-corrected chi connectivity index (χ3v) is 10.6. The number of nitrogens with zero attached hydrogens (tertiary/aromatic N) is 1. The first kappa shape index (κ1) is 50.6. The molecular weight excluding hydrogens is 799 g/mol. The fourth-order valence-electron chi connectivity index (χ4n) is 6.40. The number of phosphoric acid groups is 1. The molecule has 4 N–H and O–H groups in total. The molecule has 3 amide bonds. The van der Waals surface area contributed by atoms with Gasteiger partial charge in [-0.05, 0) is 79.3 Å². The van der Waals surface area contributed by atoms with Crippen molar-refractivity contribution in [3.8, 4) is 0 Å². The normalized spacial score (nSPS) is 14.5. The summed E-state index contributed by atoms with van der Waals surface area (Å²) in [7, 11) is -4.65. The number of hydrogen-bond acceptors (Lipinski definition) is 10. The van der Waals surface area contributed by atoms with Crippen LogP contribution in [-0.2, 0) is 44.1 Å². The van der Waals surface area contributed by atoms with Crippen molar-refractivity contribution in [1.29, 1.82) is 0 Å². The third kappa shape index (κ3) is 17.3. The molecule has 14 nitrogen and oxygen atoms in total. The van der Waals surface area contributed by atoms with Gasteiger partial charge in [-0.2, -0.15) is 0 Å². The van der Waals surface area contributed by atoms with Crippen LogP contribution in [0, 0.1) is 30.6 Å². The van der Waals surface area contributed by atoms with Gasteiger partial charge in [0.05, 0.1) is 24.4 Å². The van der Waals surface area contributed by atoms with E-state index >= 15 is 0 Å². The Morgan fingerprint density at radius 3 is 1.97 bits per heavy atom. The maximum atomic E-state index is 13.6. The minimum Gasteiger partial charge on any atom is -0.425 e. The van der Waals surface area contributed by atoms with Gasteiger partial charge in [0.25, 0.3) is 0 Å². The van der Waals surface area contributed by atoms with Crippen LogP contribution in [0.3, 0.4) is 0 Å². The maximum absolute atomic E-state index is 13.6. The summed E-state index contributed by atoms with van der Waals surface area (Å²) in [6.45, 7) is 21.9. The van der Waals surface area contributed by atoms with E-state index in [-0.39, 0.29) is 18.9 Å². The van der Waals surface area contributed by atoms with E-state index in [4.69, 9.17) is 18.5 Å². The number of urea groups is 1. The summed E-state index contributed by atoms with van der Waals surface area (Å²) in [5.74, 6) is -2.82. The van der Waals surface area contributed by atoms with Gasteiger partial charge in [-0.15, -0.1) is 0 Å². The summed E-state index contributed by atoms with van der Waals surface area (Å²) in [4.78, 5) is 66.1. The van der Waals surface area contributed by atoms with Gasteiger partial charge in [-0.1, -0.05) is 116 Å². The van der Waals surface area contributed by atoms with Crippen LogP contribution in [0.5, 0.6) is 0 Å². The largest absolute Gasteiger partial charge is 0.473 e. The number of ether oxygens (including phenoxy) is 2. The van der Waals surface area contributed by atoms with Gasteiger partial charge >= 0.3 is 25.8 Å². The number of nitrogens with one attached hydrogen (secondary N) is 3. The molecule has 3 rings (SSSR count). The van der Waals surface area contributed by atoms with Gasteiger partial charge in [-0.25, -0.2) is 14.2 Å². The van der Waals surface area contributed by atoms with Crippen molar-refractivity contribution in [3.63, 3.8) is 0 Å². The van der Waals surface area contributed by atoms with Crippen LogP contribution in [0.4, 0.5) is 21.9 Å². The number of rotatable bonds is 23. The molecule has 3 aromatic carbocycles. The molecular formula is C46H67N4O10P. The highest BCUT2D eigenvalue weighted by molar-refractivity contribution is 7.47. The number of benzene rings is 3. The Kier molecular flexibility index (Phi) is 19.9. The number of anilines is 3. The Morgan fingerprint density at radius 1 is 0.787 bits per heavy atom. The van der Waals surface area contributed by atoms with Gasteiger partial charge in [-0.3, -0.25) is 18.6 Å². The van der Waals surface area contributed by atoms with Crippen molar-refractivity contribution in [2.75, 3.05) is 28.6 Å². The van der Waals surface area contributed by atoms with E-state index in [1.807, 2.05) is 56.3 Å². The first-order chi connectivity index (χ1) is 28.7. The van der Waals surface area contributed by atoms with E-state index in [0.29, 0.717) is 35.2 Å².